The molecule has 0 spiro atoms. The first-order valence-electron chi connectivity index (χ1n) is 14.5. The Balaban J connectivity index is 1.60. The molecule has 1 amide bonds. The van der Waals surface area contributed by atoms with Crippen LogP contribution in [0.1, 0.15) is 54.4 Å². The Hall–Kier alpha value is -4.82. The number of rotatable bonds is 5. The minimum atomic E-state index is -4.60. The van der Waals surface area contributed by atoms with Crippen LogP contribution in [0.2, 0.25) is 0 Å². The number of fused-ring (bicyclic) bond motifs is 12. The van der Waals surface area contributed by atoms with Crippen LogP contribution in [0, 0.1) is 0 Å². The van der Waals surface area contributed by atoms with E-state index in [1.807, 2.05) is 24.3 Å². The molecule has 0 atom stereocenters. The van der Waals surface area contributed by atoms with Crippen LogP contribution in [-0.2, 0) is 16.1 Å². The van der Waals surface area contributed by atoms with Gasteiger partial charge in [-0.05, 0) is 42.7 Å². The molecule has 3 aromatic rings. The van der Waals surface area contributed by atoms with E-state index in [2.05, 4.69) is 35.6 Å². The van der Waals surface area contributed by atoms with E-state index >= 15 is 0 Å². The van der Waals surface area contributed by atoms with E-state index in [0.717, 1.165) is 49.8 Å². The van der Waals surface area contributed by atoms with Crippen molar-refractivity contribution < 1.29 is 41.7 Å². The number of aromatic nitrogens is 3. The monoisotopic (exact) mass is 632 g/mol. The van der Waals surface area contributed by atoms with Crippen molar-refractivity contribution in [2.45, 2.75) is 51.2 Å². The van der Waals surface area contributed by atoms with Gasteiger partial charge >= 0.3 is 18.2 Å². The van der Waals surface area contributed by atoms with Crippen LogP contribution in [-0.4, -0.2) is 66.5 Å². The van der Waals surface area contributed by atoms with Crippen LogP contribution in [0.5, 0.6) is 17.5 Å². The van der Waals surface area contributed by atoms with E-state index < -0.39 is 30.7 Å². The average Bonchev–Trinajstić information content (AvgIpc) is 3.02. The third-order valence-corrected chi connectivity index (χ3v) is 6.52. The van der Waals surface area contributed by atoms with Crippen molar-refractivity contribution in [3.8, 4) is 17.5 Å². The Morgan fingerprint density at radius 3 is 2.31 bits per heavy atom. The summed E-state index contributed by atoms with van der Waals surface area (Å²) in [6.45, 7) is -0.736. The number of anilines is 3. The molecule has 2 aliphatic rings. The lowest BCUT2D eigenvalue weighted by Crippen LogP contribution is -2.30. The van der Waals surface area contributed by atoms with Gasteiger partial charge in [-0.25, -0.2) is 0 Å². The number of amides is 1. The van der Waals surface area contributed by atoms with E-state index in [1.54, 1.807) is 0 Å². The van der Waals surface area contributed by atoms with Crippen LogP contribution < -0.4 is 30.2 Å². The second kappa shape index (κ2) is 16.3. The van der Waals surface area contributed by atoms with Gasteiger partial charge in [-0.1, -0.05) is 37.8 Å². The lowest BCUT2D eigenvalue weighted by atomic mass is 10.1. The predicted octanol–water partition coefficient (Wildman–Crippen LogP) is 5.18. The highest BCUT2D eigenvalue weighted by Gasteiger charge is 2.29. The molecular formula is C30H35F3N6O6. The molecule has 5 rings (SSSR count). The topological polar surface area (TPSA) is 146 Å². The Bertz CT molecular complexity index is 1420. The molecular weight excluding hydrogens is 597 g/mol. The first-order chi connectivity index (χ1) is 21.7. The van der Waals surface area contributed by atoms with Crippen LogP contribution in [0.3, 0.4) is 0 Å². The molecule has 0 fully saturated rings. The van der Waals surface area contributed by atoms with Crippen LogP contribution in [0.25, 0.3) is 0 Å². The number of benzene rings is 2. The predicted molar refractivity (Wildman–Crippen MR) is 158 cm³/mol. The molecule has 15 heteroatoms. The minimum Gasteiger partial charge on any atom is -0.494 e. The van der Waals surface area contributed by atoms with Crippen molar-refractivity contribution in [1.29, 1.82) is 0 Å². The smallest absolute Gasteiger partial charge is 0.422 e. The van der Waals surface area contributed by atoms with Gasteiger partial charge in [0.15, 0.2) is 6.61 Å². The van der Waals surface area contributed by atoms with Crippen molar-refractivity contribution in [3.63, 3.8) is 0 Å². The summed E-state index contributed by atoms with van der Waals surface area (Å²) in [7, 11) is 1.21. The van der Waals surface area contributed by atoms with E-state index in [0.29, 0.717) is 18.9 Å². The number of carbonyl (C=O) groups is 2. The number of hydrogen-bond acceptors (Lipinski definition) is 11. The van der Waals surface area contributed by atoms with Crippen molar-refractivity contribution >= 4 is 29.5 Å². The fourth-order valence-corrected chi connectivity index (χ4v) is 4.23. The molecule has 3 heterocycles. The lowest BCUT2D eigenvalue weighted by molar-refractivity contribution is -0.154. The van der Waals surface area contributed by atoms with Gasteiger partial charge in [0.05, 0.1) is 25.9 Å². The van der Waals surface area contributed by atoms with Crippen LogP contribution in [0.4, 0.5) is 30.8 Å². The Kier molecular flexibility index (Phi) is 12.0. The van der Waals surface area contributed by atoms with Gasteiger partial charge in [0.25, 0.3) is 5.91 Å². The summed E-state index contributed by atoms with van der Waals surface area (Å²) in [5.41, 5.74) is 1.41. The van der Waals surface area contributed by atoms with Crippen molar-refractivity contribution in [2.24, 2.45) is 0 Å². The molecule has 2 aromatic carbocycles. The number of alkyl halides is 3. The summed E-state index contributed by atoms with van der Waals surface area (Å²) in [5, 5.41) is 8.39. The standard InChI is InChI=1S/C30H35F3N6O6/c1-42-25(40)18-34-26(41)23-13-10-21-16-24(23)44-15-7-5-3-2-4-6-14-43-22-11-8-20(9-12-22)17-35-27-37-28(36-21)39-29(38-27)45-19-30(31,32)33/h8-13,16H,2-7,14-15,17-19H2,1H3,(H,34,41)(H2,35,36,37,38,39). The molecule has 0 radical (unpaired) electrons. The highest BCUT2D eigenvalue weighted by Crippen LogP contribution is 2.27. The maximum absolute atomic E-state index is 12.9. The van der Waals surface area contributed by atoms with E-state index in [9.17, 15) is 22.8 Å². The van der Waals surface area contributed by atoms with Gasteiger partial charge in [0, 0.05) is 18.3 Å². The van der Waals surface area contributed by atoms with E-state index in [1.165, 1.54) is 25.3 Å². The summed E-state index contributed by atoms with van der Waals surface area (Å²) >= 11 is 0. The quantitative estimate of drug-likeness (QED) is 0.320. The van der Waals surface area contributed by atoms with Crippen molar-refractivity contribution in [2.75, 3.05) is 44.1 Å². The second-order valence-corrected chi connectivity index (χ2v) is 10.1. The number of ether oxygens (including phenoxy) is 4. The summed E-state index contributed by atoms with van der Waals surface area (Å²) in [4.78, 5) is 36.6. The molecule has 6 bridgehead atoms. The molecule has 0 saturated heterocycles. The van der Waals surface area contributed by atoms with E-state index in [-0.39, 0.29) is 36.3 Å². The van der Waals surface area contributed by atoms with Crippen molar-refractivity contribution in [1.82, 2.24) is 20.3 Å². The lowest BCUT2D eigenvalue weighted by Gasteiger charge is -2.15. The van der Waals surface area contributed by atoms with Gasteiger partial charge < -0.3 is 34.9 Å². The van der Waals surface area contributed by atoms with Gasteiger partial charge in [-0.15, -0.1) is 0 Å². The maximum atomic E-state index is 12.9. The fourth-order valence-electron chi connectivity index (χ4n) is 4.23. The minimum absolute atomic E-state index is 0.0290. The molecule has 12 nitrogen and oxygen atoms in total. The Labute approximate surface area is 258 Å². The number of carbonyl (C=O) groups excluding carboxylic acids is 2. The summed E-state index contributed by atoms with van der Waals surface area (Å²) in [6, 6.07) is 11.4. The van der Waals surface area contributed by atoms with Crippen LogP contribution >= 0.6 is 0 Å². The van der Waals surface area contributed by atoms with E-state index in [4.69, 9.17) is 14.2 Å². The second-order valence-electron chi connectivity index (χ2n) is 10.1. The number of nitrogens with zero attached hydrogens (tertiary/aromatic N) is 3. The number of halogens is 3. The zero-order valence-corrected chi connectivity index (χ0v) is 24.7. The fraction of sp³-hybridized carbons (Fsp3) is 0.433. The van der Waals surface area contributed by atoms with Gasteiger partial charge in [0.1, 0.15) is 18.0 Å². The summed E-state index contributed by atoms with van der Waals surface area (Å²) in [5.74, 6) is -0.341. The molecule has 242 valence electrons. The highest BCUT2D eigenvalue weighted by atomic mass is 19.4. The molecule has 45 heavy (non-hydrogen) atoms. The molecule has 0 unspecified atom stereocenters. The third-order valence-electron chi connectivity index (χ3n) is 6.52. The summed E-state index contributed by atoms with van der Waals surface area (Å²) in [6.07, 6.45) is 1.08. The normalized spacial score (nSPS) is 14.5. The third kappa shape index (κ3) is 11.3. The number of esters is 1. The molecule has 3 N–H and O–H groups in total. The molecule has 1 aromatic heterocycles. The van der Waals surface area contributed by atoms with Gasteiger partial charge in [-0.3, -0.25) is 9.59 Å². The number of nitrogens with one attached hydrogen (secondary N) is 3. The molecule has 2 aliphatic heterocycles. The molecule has 0 aliphatic carbocycles. The first kappa shape index (κ1) is 33.1. The number of methoxy groups -OCH3 is 1. The van der Waals surface area contributed by atoms with Gasteiger partial charge in [0.2, 0.25) is 11.9 Å². The highest BCUT2D eigenvalue weighted by molar-refractivity contribution is 5.98. The van der Waals surface area contributed by atoms with Crippen molar-refractivity contribution in [3.05, 3.63) is 53.6 Å². The first-order valence-corrected chi connectivity index (χ1v) is 14.5. The number of hydrogen-bond donors (Lipinski definition) is 3. The Morgan fingerprint density at radius 2 is 1.60 bits per heavy atom. The maximum Gasteiger partial charge on any atom is 0.422 e. The zero-order valence-electron chi connectivity index (χ0n) is 24.7. The molecule has 0 saturated carbocycles. The largest absolute Gasteiger partial charge is 0.494 e. The zero-order chi connectivity index (χ0) is 32.1. The Morgan fingerprint density at radius 1 is 0.911 bits per heavy atom. The summed E-state index contributed by atoms with van der Waals surface area (Å²) < 4.78 is 59.8. The SMILES string of the molecule is COC(=O)CNC(=O)c1ccc2cc1OCCCCCCCCOc1ccc(cc1)CNc1nc(nc(OCC(F)(F)F)n1)N2. The van der Waals surface area contributed by atoms with Crippen LogP contribution in [0.15, 0.2) is 42.5 Å². The average molecular weight is 633 g/mol. The van der Waals surface area contributed by atoms with Gasteiger partial charge in [-0.2, -0.15) is 28.1 Å².